The number of sulfone groups is 1. The lowest BCUT2D eigenvalue weighted by Crippen LogP contribution is -2.28. The summed E-state index contributed by atoms with van der Waals surface area (Å²) in [6, 6.07) is 3.53. The SMILES string of the molecule is C=C(OCC)c1ccc(S(=O)(=O)CC)c(-c2nc3cc(C(F)(F)F)n(CC)c(=O)c3n2C)n1. The average Bonchev–Trinajstić information content (AvgIpc) is 3.09. The molecule has 0 unspecified atom stereocenters. The first kappa shape index (κ1) is 24.5. The van der Waals surface area contributed by atoms with E-state index in [4.69, 9.17) is 4.74 Å². The molecule has 8 nitrogen and oxygen atoms in total. The third kappa shape index (κ3) is 4.26. The van der Waals surface area contributed by atoms with E-state index in [-0.39, 0.29) is 51.2 Å². The van der Waals surface area contributed by atoms with Crippen LogP contribution in [0.3, 0.4) is 0 Å². The van der Waals surface area contributed by atoms with Crippen molar-refractivity contribution in [1.29, 1.82) is 0 Å². The molecular formula is C21H23F3N4O4S. The molecule has 0 aliphatic rings. The van der Waals surface area contributed by atoms with Gasteiger partial charge in [-0.25, -0.2) is 18.4 Å². The zero-order valence-corrected chi connectivity index (χ0v) is 19.3. The minimum Gasteiger partial charge on any atom is -0.492 e. The van der Waals surface area contributed by atoms with Gasteiger partial charge in [-0.15, -0.1) is 0 Å². The summed E-state index contributed by atoms with van der Waals surface area (Å²) in [4.78, 5) is 21.3. The second-order valence-electron chi connectivity index (χ2n) is 7.11. The molecule has 0 amide bonds. The Bertz CT molecular complexity index is 1410. The quantitative estimate of drug-likeness (QED) is 0.475. The zero-order valence-electron chi connectivity index (χ0n) is 18.5. The van der Waals surface area contributed by atoms with Gasteiger partial charge in [-0.05, 0) is 32.0 Å². The standard InChI is InChI=1S/C21H23F3N4O4S/c1-6-28-16(21(22,23)24)11-14-18(20(28)29)27(5)19(26-14)17-15(33(30,31)8-3)10-9-13(25-17)12(4)32-7-2/h9-11H,4,6-8H2,1-3,5H3. The molecule has 0 aromatic carbocycles. The van der Waals surface area contributed by atoms with Gasteiger partial charge in [-0.3, -0.25) is 4.79 Å². The molecule has 0 spiro atoms. The molecule has 0 aliphatic carbocycles. The van der Waals surface area contributed by atoms with E-state index in [1.165, 1.54) is 37.6 Å². The fourth-order valence-corrected chi connectivity index (χ4v) is 4.51. The Kier molecular flexibility index (Phi) is 6.42. The fraction of sp³-hybridized carbons (Fsp3) is 0.381. The molecular weight excluding hydrogens is 461 g/mol. The van der Waals surface area contributed by atoms with Crippen molar-refractivity contribution < 1.29 is 26.3 Å². The van der Waals surface area contributed by atoms with E-state index < -0.39 is 27.3 Å². The second-order valence-corrected chi connectivity index (χ2v) is 9.35. The van der Waals surface area contributed by atoms with Crippen molar-refractivity contribution in [3.8, 4) is 11.5 Å². The summed E-state index contributed by atoms with van der Waals surface area (Å²) in [5, 5.41) is 0. The fourth-order valence-electron chi connectivity index (χ4n) is 3.50. The number of hydrogen-bond donors (Lipinski definition) is 0. The maximum Gasteiger partial charge on any atom is 0.431 e. The molecule has 3 rings (SSSR count). The highest BCUT2D eigenvalue weighted by atomic mass is 32.2. The monoisotopic (exact) mass is 484 g/mol. The summed E-state index contributed by atoms with van der Waals surface area (Å²) >= 11 is 0. The van der Waals surface area contributed by atoms with Gasteiger partial charge >= 0.3 is 6.18 Å². The summed E-state index contributed by atoms with van der Waals surface area (Å²) in [6.45, 7) is 8.48. The van der Waals surface area contributed by atoms with Crippen LogP contribution in [0.5, 0.6) is 0 Å². The Morgan fingerprint density at radius 3 is 2.39 bits per heavy atom. The molecule has 0 atom stereocenters. The number of aromatic nitrogens is 4. The van der Waals surface area contributed by atoms with Gasteiger partial charge in [0.05, 0.1) is 22.8 Å². The van der Waals surface area contributed by atoms with E-state index in [1.54, 1.807) is 6.92 Å². The summed E-state index contributed by atoms with van der Waals surface area (Å²) in [7, 11) is -2.37. The summed E-state index contributed by atoms with van der Waals surface area (Å²) in [5.74, 6) is -0.119. The highest BCUT2D eigenvalue weighted by Crippen LogP contribution is 2.33. The highest BCUT2D eigenvalue weighted by Gasteiger charge is 2.36. The van der Waals surface area contributed by atoms with Crippen molar-refractivity contribution in [2.24, 2.45) is 7.05 Å². The first-order chi connectivity index (χ1) is 15.4. The number of imidazole rings is 1. The number of ether oxygens (including phenoxy) is 1. The Labute approximate surface area is 188 Å². The number of alkyl halides is 3. The third-order valence-corrected chi connectivity index (χ3v) is 6.89. The summed E-state index contributed by atoms with van der Waals surface area (Å²) < 4.78 is 73.3. The van der Waals surface area contributed by atoms with Gasteiger partial charge in [-0.2, -0.15) is 13.2 Å². The van der Waals surface area contributed by atoms with E-state index in [0.29, 0.717) is 11.2 Å². The molecule has 0 fully saturated rings. The molecule has 0 radical (unpaired) electrons. The van der Waals surface area contributed by atoms with Crippen LogP contribution in [0.1, 0.15) is 32.2 Å². The first-order valence-electron chi connectivity index (χ1n) is 10.1. The van der Waals surface area contributed by atoms with Crippen LogP contribution in [0.2, 0.25) is 0 Å². The van der Waals surface area contributed by atoms with Crippen molar-refractivity contribution >= 4 is 26.6 Å². The van der Waals surface area contributed by atoms with Crippen LogP contribution in [0.25, 0.3) is 28.3 Å². The minimum absolute atomic E-state index is 0.0674. The van der Waals surface area contributed by atoms with Gasteiger partial charge in [0, 0.05) is 13.6 Å². The van der Waals surface area contributed by atoms with Crippen LogP contribution in [0.4, 0.5) is 13.2 Å². The molecule has 0 saturated heterocycles. The smallest absolute Gasteiger partial charge is 0.431 e. The molecule has 33 heavy (non-hydrogen) atoms. The van der Waals surface area contributed by atoms with Crippen LogP contribution in [-0.2, 0) is 34.3 Å². The van der Waals surface area contributed by atoms with Crippen LogP contribution >= 0.6 is 0 Å². The van der Waals surface area contributed by atoms with E-state index in [1.807, 2.05) is 0 Å². The number of rotatable bonds is 7. The number of hydrogen-bond acceptors (Lipinski definition) is 6. The van der Waals surface area contributed by atoms with Gasteiger partial charge in [-0.1, -0.05) is 13.5 Å². The normalized spacial score (nSPS) is 12.3. The van der Waals surface area contributed by atoms with Gasteiger partial charge < -0.3 is 13.9 Å². The van der Waals surface area contributed by atoms with E-state index in [9.17, 15) is 26.4 Å². The lowest BCUT2D eigenvalue weighted by Gasteiger charge is -2.14. The van der Waals surface area contributed by atoms with Crippen molar-refractivity contribution in [3.63, 3.8) is 0 Å². The Balaban J connectivity index is 2.42. The van der Waals surface area contributed by atoms with Crippen molar-refractivity contribution in [1.82, 2.24) is 19.1 Å². The average molecular weight is 485 g/mol. The highest BCUT2D eigenvalue weighted by molar-refractivity contribution is 7.91. The van der Waals surface area contributed by atoms with Gasteiger partial charge in [0.1, 0.15) is 28.4 Å². The van der Waals surface area contributed by atoms with Gasteiger partial charge in [0.15, 0.2) is 15.7 Å². The van der Waals surface area contributed by atoms with Crippen molar-refractivity contribution in [3.05, 3.63) is 46.5 Å². The molecule has 0 bridgehead atoms. The van der Waals surface area contributed by atoms with E-state index >= 15 is 0 Å². The molecule has 0 saturated carbocycles. The molecule has 12 heteroatoms. The van der Waals surface area contributed by atoms with Crippen LogP contribution in [0.15, 0.2) is 34.5 Å². The van der Waals surface area contributed by atoms with E-state index in [2.05, 4.69) is 16.5 Å². The second kappa shape index (κ2) is 8.65. The predicted octanol–water partition coefficient (Wildman–Crippen LogP) is 3.64. The van der Waals surface area contributed by atoms with Gasteiger partial charge in [0.2, 0.25) is 0 Å². The van der Waals surface area contributed by atoms with Crippen molar-refractivity contribution in [2.75, 3.05) is 12.4 Å². The van der Waals surface area contributed by atoms with Gasteiger partial charge in [0.25, 0.3) is 5.56 Å². The Morgan fingerprint density at radius 2 is 1.85 bits per heavy atom. The molecule has 0 aliphatic heterocycles. The third-order valence-electron chi connectivity index (χ3n) is 5.13. The number of aryl methyl sites for hydroxylation is 1. The summed E-state index contributed by atoms with van der Waals surface area (Å²) in [6.07, 6.45) is -4.77. The molecule has 3 heterocycles. The molecule has 0 N–H and O–H groups in total. The van der Waals surface area contributed by atoms with Crippen LogP contribution in [-0.4, -0.2) is 39.9 Å². The largest absolute Gasteiger partial charge is 0.492 e. The van der Waals surface area contributed by atoms with Crippen LogP contribution < -0.4 is 5.56 Å². The van der Waals surface area contributed by atoms with Crippen LogP contribution in [0, 0.1) is 0 Å². The maximum absolute atomic E-state index is 13.5. The number of nitrogens with zero attached hydrogens (tertiary/aromatic N) is 4. The predicted molar refractivity (Wildman–Crippen MR) is 117 cm³/mol. The molecule has 178 valence electrons. The molecule has 3 aromatic rings. The summed E-state index contributed by atoms with van der Waals surface area (Å²) in [5.41, 5.74) is -2.22. The Hall–Kier alpha value is -3.15. The first-order valence-corrected chi connectivity index (χ1v) is 11.8. The van der Waals surface area contributed by atoms with E-state index in [0.717, 1.165) is 6.07 Å². The lowest BCUT2D eigenvalue weighted by molar-refractivity contribution is -0.144. The lowest BCUT2D eigenvalue weighted by atomic mass is 10.2. The minimum atomic E-state index is -4.77. The number of halogens is 3. The topological polar surface area (TPSA) is 96.1 Å². The maximum atomic E-state index is 13.5. The zero-order chi connectivity index (χ0) is 24.7. The number of fused-ring (bicyclic) bond motifs is 1. The Morgan fingerprint density at radius 1 is 1.18 bits per heavy atom. The molecule has 3 aromatic heterocycles. The number of pyridine rings is 2. The van der Waals surface area contributed by atoms with Crippen molar-refractivity contribution in [2.45, 2.75) is 38.4 Å².